The molecule has 0 saturated carbocycles. The first-order valence-electron chi connectivity index (χ1n) is 4.77. The van der Waals surface area contributed by atoms with Crippen molar-refractivity contribution in [3.8, 4) is 0 Å². The second-order valence-electron chi connectivity index (χ2n) is 4.11. The Morgan fingerprint density at radius 3 is 2.42 bits per heavy atom. The first-order chi connectivity index (χ1) is 5.52. The minimum absolute atomic E-state index is 0.382. The Bertz CT molecular complexity index is 112. The van der Waals surface area contributed by atoms with Crippen LogP contribution in [0.2, 0.25) is 0 Å². The molecule has 0 aromatic carbocycles. The minimum atomic E-state index is 0.382. The summed E-state index contributed by atoms with van der Waals surface area (Å²) in [5.41, 5.74) is 0. The van der Waals surface area contributed by atoms with Crippen molar-refractivity contribution >= 4 is 11.8 Å². The van der Waals surface area contributed by atoms with Gasteiger partial charge in [-0.2, -0.15) is 11.8 Å². The van der Waals surface area contributed by atoms with E-state index in [4.69, 9.17) is 0 Å². The molecule has 0 aliphatic carbocycles. The molecule has 0 spiro atoms. The Morgan fingerprint density at radius 1 is 1.42 bits per heavy atom. The van der Waals surface area contributed by atoms with Gasteiger partial charge < -0.3 is 5.32 Å². The van der Waals surface area contributed by atoms with Gasteiger partial charge >= 0.3 is 0 Å². The molecule has 0 aromatic heterocycles. The second kappa shape index (κ2) is 5.87. The zero-order valence-electron chi connectivity index (χ0n) is 9.11. The van der Waals surface area contributed by atoms with Gasteiger partial charge in [-0.1, -0.05) is 20.3 Å². The molecule has 0 saturated heterocycles. The summed E-state index contributed by atoms with van der Waals surface area (Å²) >= 11 is 1.92. The summed E-state index contributed by atoms with van der Waals surface area (Å²) in [6.07, 6.45) is 3.44. The zero-order valence-corrected chi connectivity index (χ0v) is 9.92. The summed E-state index contributed by atoms with van der Waals surface area (Å²) in [6.45, 7) is 11.4. The van der Waals surface area contributed by atoms with Crippen molar-refractivity contribution in [3.63, 3.8) is 0 Å². The van der Waals surface area contributed by atoms with E-state index in [-0.39, 0.29) is 0 Å². The fraction of sp³-hybridized carbons (Fsp3) is 1.00. The molecule has 12 heavy (non-hydrogen) atoms. The number of thioether (sulfide) groups is 1. The second-order valence-corrected chi connectivity index (χ2v) is 5.62. The van der Waals surface area contributed by atoms with Crippen LogP contribution in [0.5, 0.6) is 0 Å². The predicted molar refractivity (Wildman–Crippen MR) is 59.9 cm³/mol. The van der Waals surface area contributed by atoms with E-state index in [0.717, 1.165) is 19.0 Å². The molecule has 0 heterocycles. The SMILES string of the molecule is CCC(C)CNCC(C)(C)SC. The van der Waals surface area contributed by atoms with E-state index >= 15 is 0 Å². The van der Waals surface area contributed by atoms with Gasteiger partial charge in [0.25, 0.3) is 0 Å². The van der Waals surface area contributed by atoms with Gasteiger partial charge in [0.1, 0.15) is 0 Å². The maximum Gasteiger partial charge on any atom is 0.0225 e. The molecule has 1 atom stereocenters. The number of rotatable bonds is 6. The number of nitrogens with one attached hydrogen (secondary N) is 1. The lowest BCUT2D eigenvalue weighted by Crippen LogP contribution is -2.34. The standard InChI is InChI=1S/C10H23NS/c1-6-9(2)7-11-8-10(3,4)12-5/h9,11H,6-8H2,1-5H3. The van der Waals surface area contributed by atoms with Gasteiger partial charge in [0.15, 0.2) is 0 Å². The first-order valence-corrected chi connectivity index (χ1v) is 6.00. The predicted octanol–water partition coefficient (Wildman–Crippen LogP) is 2.76. The van der Waals surface area contributed by atoms with Gasteiger partial charge in [-0.15, -0.1) is 0 Å². The summed E-state index contributed by atoms with van der Waals surface area (Å²) < 4.78 is 0.382. The molecule has 0 fully saturated rings. The van der Waals surface area contributed by atoms with E-state index in [2.05, 4.69) is 39.3 Å². The van der Waals surface area contributed by atoms with Gasteiger partial charge in [-0.25, -0.2) is 0 Å². The molecule has 0 aliphatic heterocycles. The fourth-order valence-electron chi connectivity index (χ4n) is 0.836. The summed E-state index contributed by atoms with van der Waals surface area (Å²) in [6, 6.07) is 0. The number of hydrogen-bond acceptors (Lipinski definition) is 2. The van der Waals surface area contributed by atoms with Crippen LogP contribution in [0.3, 0.4) is 0 Å². The molecule has 0 bridgehead atoms. The van der Waals surface area contributed by atoms with E-state index < -0.39 is 0 Å². The molecule has 1 N–H and O–H groups in total. The Morgan fingerprint density at radius 2 is 2.00 bits per heavy atom. The average Bonchev–Trinajstić information content (AvgIpc) is 2.04. The lowest BCUT2D eigenvalue weighted by Gasteiger charge is -2.23. The highest BCUT2D eigenvalue weighted by atomic mass is 32.2. The van der Waals surface area contributed by atoms with Gasteiger partial charge in [-0.3, -0.25) is 0 Å². The van der Waals surface area contributed by atoms with Crippen molar-refractivity contribution in [2.45, 2.75) is 38.9 Å². The quantitative estimate of drug-likeness (QED) is 0.689. The van der Waals surface area contributed by atoms with Crippen molar-refractivity contribution in [1.82, 2.24) is 5.32 Å². The monoisotopic (exact) mass is 189 g/mol. The summed E-state index contributed by atoms with van der Waals surface area (Å²) in [4.78, 5) is 0. The van der Waals surface area contributed by atoms with E-state index in [1.165, 1.54) is 6.42 Å². The van der Waals surface area contributed by atoms with E-state index in [1.54, 1.807) is 0 Å². The van der Waals surface area contributed by atoms with Gasteiger partial charge in [0.05, 0.1) is 0 Å². The third-order valence-corrected chi connectivity index (χ3v) is 3.54. The highest BCUT2D eigenvalue weighted by Gasteiger charge is 2.14. The van der Waals surface area contributed by atoms with Gasteiger partial charge in [0.2, 0.25) is 0 Å². The van der Waals surface area contributed by atoms with Crippen molar-refractivity contribution in [1.29, 1.82) is 0 Å². The van der Waals surface area contributed by atoms with Crippen molar-refractivity contribution < 1.29 is 0 Å². The van der Waals surface area contributed by atoms with E-state index in [0.29, 0.717) is 4.75 Å². The van der Waals surface area contributed by atoms with Crippen molar-refractivity contribution in [2.24, 2.45) is 5.92 Å². The van der Waals surface area contributed by atoms with Crippen LogP contribution in [0.1, 0.15) is 34.1 Å². The fourth-order valence-corrected chi connectivity index (χ4v) is 1.08. The number of hydrogen-bond donors (Lipinski definition) is 1. The van der Waals surface area contributed by atoms with E-state index in [9.17, 15) is 0 Å². The Balaban J connectivity index is 3.42. The van der Waals surface area contributed by atoms with Gasteiger partial charge in [0, 0.05) is 11.3 Å². The molecule has 2 heteroatoms. The zero-order chi connectivity index (χ0) is 9.61. The Hall–Kier alpha value is 0.310. The van der Waals surface area contributed by atoms with Crippen LogP contribution in [-0.2, 0) is 0 Å². The molecule has 0 aromatic rings. The minimum Gasteiger partial charge on any atom is -0.315 e. The Kier molecular flexibility index (Phi) is 6.02. The average molecular weight is 189 g/mol. The topological polar surface area (TPSA) is 12.0 Å². The highest BCUT2D eigenvalue weighted by Crippen LogP contribution is 2.19. The molecular weight excluding hydrogens is 166 g/mol. The maximum absolute atomic E-state index is 3.51. The van der Waals surface area contributed by atoms with Crippen LogP contribution >= 0.6 is 11.8 Å². The molecule has 0 radical (unpaired) electrons. The molecular formula is C10H23NS. The van der Waals surface area contributed by atoms with Crippen LogP contribution in [0.4, 0.5) is 0 Å². The van der Waals surface area contributed by atoms with Crippen molar-refractivity contribution in [2.75, 3.05) is 19.3 Å². The third-order valence-electron chi connectivity index (χ3n) is 2.29. The van der Waals surface area contributed by atoms with E-state index in [1.807, 2.05) is 11.8 Å². The molecule has 1 nitrogen and oxygen atoms in total. The summed E-state index contributed by atoms with van der Waals surface area (Å²) in [5.74, 6) is 0.808. The molecule has 0 amide bonds. The lowest BCUT2D eigenvalue weighted by atomic mass is 10.1. The smallest absolute Gasteiger partial charge is 0.0225 e. The van der Waals surface area contributed by atoms with Crippen LogP contribution < -0.4 is 5.32 Å². The maximum atomic E-state index is 3.51. The third kappa shape index (κ3) is 5.90. The van der Waals surface area contributed by atoms with Gasteiger partial charge in [-0.05, 0) is 32.6 Å². The van der Waals surface area contributed by atoms with Crippen molar-refractivity contribution in [3.05, 3.63) is 0 Å². The van der Waals surface area contributed by atoms with Crippen LogP contribution in [0, 0.1) is 5.92 Å². The molecule has 74 valence electrons. The normalized spacial score (nSPS) is 14.8. The van der Waals surface area contributed by atoms with Crippen LogP contribution in [-0.4, -0.2) is 24.1 Å². The molecule has 0 rings (SSSR count). The molecule has 0 aliphatic rings. The largest absolute Gasteiger partial charge is 0.315 e. The molecule has 1 unspecified atom stereocenters. The van der Waals surface area contributed by atoms with Crippen LogP contribution in [0.15, 0.2) is 0 Å². The first kappa shape index (κ1) is 12.3. The summed E-state index contributed by atoms with van der Waals surface area (Å²) in [7, 11) is 0. The highest BCUT2D eigenvalue weighted by molar-refractivity contribution is 7.99. The Labute approximate surface area is 81.7 Å². The summed E-state index contributed by atoms with van der Waals surface area (Å²) in [5, 5.41) is 3.51. The van der Waals surface area contributed by atoms with Crippen LogP contribution in [0.25, 0.3) is 0 Å². The lowest BCUT2D eigenvalue weighted by molar-refractivity contribution is 0.480.